The molecular weight excluding hydrogens is 270 g/mol. The first-order valence-electron chi connectivity index (χ1n) is 5.35. The van der Waals surface area contributed by atoms with Gasteiger partial charge in [0, 0.05) is 0 Å². The molecule has 0 spiro atoms. The predicted octanol–water partition coefficient (Wildman–Crippen LogP) is 0.616. The molecule has 0 saturated carbocycles. The number of primary amides is 1. The molecule has 2 aromatic rings. The average Bonchev–Trinajstić information content (AvgIpc) is 2.98. The number of thiazole rings is 1. The van der Waals surface area contributed by atoms with Gasteiger partial charge in [0.25, 0.3) is 17.0 Å². The summed E-state index contributed by atoms with van der Waals surface area (Å²) < 4.78 is 5.17. The van der Waals surface area contributed by atoms with E-state index in [4.69, 9.17) is 10.5 Å². The van der Waals surface area contributed by atoms with E-state index in [1.165, 1.54) is 12.4 Å². The number of hydrogen-bond acceptors (Lipinski definition) is 6. The van der Waals surface area contributed by atoms with E-state index in [-0.39, 0.29) is 11.4 Å². The van der Waals surface area contributed by atoms with E-state index in [1.54, 1.807) is 0 Å². The van der Waals surface area contributed by atoms with Gasteiger partial charge in [-0.25, -0.2) is 4.98 Å². The summed E-state index contributed by atoms with van der Waals surface area (Å²) in [5, 5.41) is 9.00. The minimum absolute atomic E-state index is 0.0443. The van der Waals surface area contributed by atoms with Crippen LogP contribution in [-0.2, 0) is 0 Å². The molecule has 0 fully saturated rings. The highest BCUT2D eigenvalue weighted by molar-refractivity contribution is 7.15. The van der Waals surface area contributed by atoms with Crippen LogP contribution < -0.4 is 15.8 Å². The molecule has 2 aromatic heterocycles. The number of aromatic amines is 1. The monoisotopic (exact) mass is 281 g/mol. The molecule has 2 heterocycles. The Morgan fingerprint density at radius 3 is 3.00 bits per heavy atom. The lowest BCUT2D eigenvalue weighted by Gasteiger charge is -2.01. The molecule has 4 N–H and O–H groups in total. The number of nitrogens with one attached hydrogen (secondary N) is 2. The molecule has 0 unspecified atom stereocenters. The second kappa shape index (κ2) is 5.48. The summed E-state index contributed by atoms with van der Waals surface area (Å²) in [6, 6.07) is 0. The van der Waals surface area contributed by atoms with Crippen molar-refractivity contribution in [1.82, 2.24) is 15.2 Å². The molecule has 2 amide bonds. The molecule has 0 bridgehead atoms. The minimum atomic E-state index is -0.702. The smallest absolute Gasteiger partial charge is 0.273 e. The Morgan fingerprint density at radius 2 is 2.32 bits per heavy atom. The van der Waals surface area contributed by atoms with Crippen LogP contribution in [0.3, 0.4) is 0 Å². The highest BCUT2D eigenvalue weighted by atomic mass is 32.1. The van der Waals surface area contributed by atoms with Crippen molar-refractivity contribution in [1.29, 1.82) is 0 Å². The number of nitrogens with zero attached hydrogens (tertiary/aromatic N) is 2. The topological polar surface area (TPSA) is 123 Å². The van der Waals surface area contributed by atoms with Crippen molar-refractivity contribution < 1.29 is 14.3 Å². The Balaban J connectivity index is 2.11. The number of hydrogen-bond donors (Lipinski definition) is 3. The van der Waals surface area contributed by atoms with E-state index in [9.17, 15) is 9.59 Å². The van der Waals surface area contributed by atoms with Gasteiger partial charge in [-0.05, 0) is 6.92 Å². The number of ether oxygens (including phenoxy) is 1. The third-order valence-corrected chi connectivity index (χ3v) is 3.02. The summed E-state index contributed by atoms with van der Waals surface area (Å²) in [5.41, 5.74) is 5.40. The van der Waals surface area contributed by atoms with Crippen LogP contribution in [0.2, 0.25) is 0 Å². The molecule has 0 aliphatic heterocycles. The van der Waals surface area contributed by atoms with Gasteiger partial charge >= 0.3 is 0 Å². The van der Waals surface area contributed by atoms with Crippen molar-refractivity contribution in [2.75, 3.05) is 11.9 Å². The molecule has 2 rings (SSSR count). The van der Waals surface area contributed by atoms with Gasteiger partial charge in [0.05, 0.1) is 24.7 Å². The molecule has 9 heteroatoms. The number of amides is 2. The van der Waals surface area contributed by atoms with Crippen LogP contribution in [0, 0.1) is 0 Å². The van der Waals surface area contributed by atoms with Crippen LogP contribution in [0.5, 0.6) is 5.19 Å². The van der Waals surface area contributed by atoms with Gasteiger partial charge in [-0.2, -0.15) is 5.10 Å². The zero-order valence-corrected chi connectivity index (χ0v) is 10.8. The predicted molar refractivity (Wildman–Crippen MR) is 68.3 cm³/mol. The van der Waals surface area contributed by atoms with Crippen molar-refractivity contribution in [3.63, 3.8) is 0 Å². The maximum Gasteiger partial charge on any atom is 0.273 e. The SMILES string of the molecule is CCOc1ncc(C(=O)Nc2cn[nH]c2C(N)=O)s1. The van der Waals surface area contributed by atoms with E-state index in [0.29, 0.717) is 16.7 Å². The second-order valence-electron chi connectivity index (χ2n) is 3.40. The largest absolute Gasteiger partial charge is 0.470 e. The Hall–Kier alpha value is -2.42. The lowest BCUT2D eigenvalue weighted by Crippen LogP contribution is -2.17. The first kappa shape index (κ1) is 13.0. The van der Waals surface area contributed by atoms with Crippen molar-refractivity contribution in [3.8, 4) is 5.19 Å². The molecular formula is C10H11N5O3S. The van der Waals surface area contributed by atoms with Crippen LogP contribution in [0.25, 0.3) is 0 Å². The fourth-order valence-electron chi connectivity index (χ4n) is 1.31. The Morgan fingerprint density at radius 1 is 1.53 bits per heavy atom. The molecule has 0 aliphatic rings. The van der Waals surface area contributed by atoms with Crippen LogP contribution >= 0.6 is 11.3 Å². The zero-order valence-electron chi connectivity index (χ0n) is 9.97. The number of anilines is 1. The number of carbonyl (C=O) groups is 2. The van der Waals surface area contributed by atoms with Gasteiger partial charge in [0.15, 0.2) is 0 Å². The molecule has 100 valence electrons. The summed E-state index contributed by atoms with van der Waals surface area (Å²) in [6.07, 6.45) is 2.71. The van der Waals surface area contributed by atoms with E-state index in [0.717, 1.165) is 11.3 Å². The van der Waals surface area contributed by atoms with Gasteiger partial charge < -0.3 is 15.8 Å². The second-order valence-corrected chi connectivity index (χ2v) is 4.39. The molecule has 0 radical (unpaired) electrons. The lowest BCUT2D eigenvalue weighted by molar-refractivity contribution is 0.0996. The van der Waals surface area contributed by atoms with E-state index in [1.807, 2.05) is 6.92 Å². The maximum absolute atomic E-state index is 11.9. The third kappa shape index (κ3) is 2.88. The van der Waals surface area contributed by atoms with Gasteiger partial charge in [0.1, 0.15) is 10.6 Å². The number of nitrogens with two attached hydrogens (primary N) is 1. The Labute approximate surface area is 112 Å². The highest BCUT2D eigenvalue weighted by Gasteiger charge is 2.16. The van der Waals surface area contributed by atoms with Gasteiger partial charge in [-0.15, -0.1) is 0 Å². The molecule has 0 aliphatic carbocycles. The van der Waals surface area contributed by atoms with Crippen molar-refractivity contribution in [3.05, 3.63) is 23.0 Å². The molecule has 0 saturated heterocycles. The van der Waals surface area contributed by atoms with Gasteiger partial charge in [-0.3, -0.25) is 14.7 Å². The molecule has 0 atom stereocenters. The Kier molecular flexibility index (Phi) is 3.76. The molecule has 0 aromatic carbocycles. The normalized spacial score (nSPS) is 10.2. The maximum atomic E-state index is 11.9. The fourth-order valence-corrected chi connectivity index (χ4v) is 2.03. The van der Waals surface area contributed by atoms with Crippen molar-refractivity contribution >= 4 is 28.8 Å². The summed E-state index contributed by atoms with van der Waals surface area (Å²) >= 11 is 1.11. The molecule has 8 nitrogen and oxygen atoms in total. The fraction of sp³-hybridized carbons (Fsp3) is 0.200. The van der Waals surface area contributed by atoms with Crippen molar-refractivity contribution in [2.45, 2.75) is 6.92 Å². The summed E-state index contributed by atoms with van der Waals surface area (Å²) in [4.78, 5) is 27.3. The summed E-state index contributed by atoms with van der Waals surface area (Å²) in [6.45, 7) is 2.30. The van der Waals surface area contributed by atoms with E-state index >= 15 is 0 Å². The molecule has 19 heavy (non-hydrogen) atoms. The summed E-state index contributed by atoms with van der Waals surface area (Å²) in [7, 11) is 0. The highest BCUT2D eigenvalue weighted by Crippen LogP contribution is 2.22. The minimum Gasteiger partial charge on any atom is -0.470 e. The lowest BCUT2D eigenvalue weighted by atomic mass is 10.3. The van der Waals surface area contributed by atoms with E-state index in [2.05, 4.69) is 20.5 Å². The number of aromatic nitrogens is 3. The third-order valence-electron chi connectivity index (χ3n) is 2.11. The Bertz CT molecular complexity index is 606. The number of H-pyrrole nitrogens is 1. The van der Waals surface area contributed by atoms with Gasteiger partial charge in [-0.1, -0.05) is 11.3 Å². The zero-order chi connectivity index (χ0) is 13.8. The quantitative estimate of drug-likeness (QED) is 0.741. The summed E-state index contributed by atoms with van der Waals surface area (Å²) in [5.74, 6) is -1.11. The number of carbonyl (C=O) groups excluding carboxylic acids is 2. The average molecular weight is 281 g/mol. The number of rotatable bonds is 5. The van der Waals surface area contributed by atoms with Crippen LogP contribution in [0.15, 0.2) is 12.4 Å². The first-order chi connectivity index (χ1) is 9.11. The van der Waals surface area contributed by atoms with Crippen LogP contribution in [0.1, 0.15) is 27.1 Å². The van der Waals surface area contributed by atoms with Crippen molar-refractivity contribution in [2.24, 2.45) is 5.73 Å². The van der Waals surface area contributed by atoms with E-state index < -0.39 is 11.8 Å². The van der Waals surface area contributed by atoms with Crippen LogP contribution in [0.4, 0.5) is 5.69 Å². The van der Waals surface area contributed by atoms with Crippen LogP contribution in [-0.4, -0.2) is 33.6 Å². The van der Waals surface area contributed by atoms with Gasteiger partial charge in [0.2, 0.25) is 0 Å². The first-order valence-corrected chi connectivity index (χ1v) is 6.16. The standard InChI is InChI=1S/C10H11N5O3S/c1-2-18-10-12-4-6(19-10)9(17)14-5-3-13-15-7(5)8(11)16/h3-4H,2H2,1H3,(H2,11,16)(H,13,15)(H,14,17).